The summed E-state index contributed by atoms with van der Waals surface area (Å²) in [5.41, 5.74) is 0. The first-order valence-electron chi connectivity index (χ1n) is 5.79. The van der Waals surface area contributed by atoms with Crippen LogP contribution in [-0.2, 0) is 4.79 Å². The largest absolute Gasteiger partial charge is 0.352 e. The monoisotopic (exact) mass is 196 g/mol. The molecule has 2 aliphatic rings. The number of likely N-dealkylation sites (tertiary alicyclic amines) is 1. The average Bonchev–Trinajstić information content (AvgIpc) is 2.93. The maximum atomic E-state index is 11.6. The van der Waals surface area contributed by atoms with Gasteiger partial charge in [0.05, 0.1) is 6.54 Å². The molecule has 2 fully saturated rings. The van der Waals surface area contributed by atoms with Crippen molar-refractivity contribution in [2.75, 3.05) is 13.1 Å². The van der Waals surface area contributed by atoms with Gasteiger partial charge in [-0.2, -0.15) is 0 Å². The second-order valence-corrected chi connectivity index (χ2v) is 4.66. The van der Waals surface area contributed by atoms with Crippen molar-refractivity contribution in [3.63, 3.8) is 0 Å². The smallest absolute Gasteiger partial charge is 0.234 e. The van der Waals surface area contributed by atoms with Gasteiger partial charge in [-0.1, -0.05) is 6.42 Å². The van der Waals surface area contributed by atoms with Crippen LogP contribution in [0.2, 0.25) is 0 Å². The Morgan fingerprint density at radius 1 is 1.36 bits per heavy atom. The van der Waals surface area contributed by atoms with E-state index in [2.05, 4.69) is 17.1 Å². The zero-order chi connectivity index (χ0) is 9.97. The first-order valence-corrected chi connectivity index (χ1v) is 5.79. The van der Waals surface area contributed by atoms with E-state index in [4.69, 9.17) is 0 Å². The zero-order valence-electron chi connectivity index (χ0n) is 8.96. The van der Waals surface area contributed by atoms with Gasteiger partial charge >= 0.3 is 0 Å². The Labute approximate surface area is 85.8 Å². The number of piperidine rings is 1. The minimum Gasteiger partial charge on any atom is -0.352 e. The van der Waals surface area contributed by atoms with Gasteiger partial charge in [0.1, 0.15) is 0 Å². The van der Waals surface area contributed by atoms with Gasteiger partial charge in [-0.25, -0.2) is 0 Å². The molecule has 80 valence electrons. The number of carbonyl (C=O) groups is 1. The van der Waals surface area contributed by atoms with Crippen LogP contribution in [0.15, 0.2) is 0 Å². The molecule has 0 bridgehead atoms. The van der Waals surface area contributed by atoms with E-state index >= 15 is 0 Å². The molecule has 1 aliphatic heterocycles. The molecule has 0 radical (unpaired) electrons. The van der Waals surface area contributed by atoms with Crippen LogP contribution < -0.4 is 5.32 Å². The molecule has 1 amide bonds. The molecule has 0 aromatic carbocycles. The molecule has 0 spiro atoms. The summed E-state index contributed by atoms with van der Waals surface area (Å²) in [6, 6.07) is 1.09. The van der Waals surface area contributed by atoms with Crippen molar-refractivity contribution >= 4 is 5.91 Å². The molecule has 1 aliphatic carbocycles. The van der Waals surface area contributed by atoms with Crippen LogP contribution in [0, 0.1) is 0 Å². The molecular weight excluding hydrogens is 176 g/mol. The fraction of sp³-hybridized carbons (Fsp3) is 0.909. The highest BCUT2D eigenvalue weighted by molar-refractivity contribution is 5.78. The first kappa shape index (κ1) is 9.97. The number of hydrogen-bond acceptors (Lipinski definition) is 2. The highest BCUT2D eigenvalue weighted by Crippen LogP contribution is 2.19. The van der Waals surface area contributed by atoms with Gasteiger partial charge in [0.2, 0.25) is 5.91 Å². The van der Waals surface area contributed by atoms with Crippen molar-refractivity contribution in [1.29, 1.82) is 0 Å². The Hall–Kier alpha value is -0.570. The van der Waals surface area contributed by atoms with Gasteiger partial charge in [0.15, 0.2) is 0 Å². The topological polar surface area (TPSA) is 32.3 Å². The summed E-state index contributed by atoms with van der Waals surface area (Å²) in [5.74, 6) is 0.223. The number of rotatable bonds is 3. The third-order valence-corrected chi connectivity index (χ3v) is 3.23. The van der Waals surface area contributed by atoms with Crippen molar-refractivity contribution < 1.29 is 4.79 Å². The lowest BCUT2D eigenvalue weighted by Gasteiger charge is -2.32. The number of hydrogen-bond donors (Lipinski definition) is 1. The Balaban J connectivity index is 1.73. The normalized spacial score (nSPS) is 28.8. The SMILES string of the molecule is CC1CCCCN1CC(=O)NC1CC1. The summed E-state index contributed by atoms with van der Waals surface area (Å²) in [4.78, 5) is 13.9. The van der Waals surface area contributed by atoms with E-state index in [9.17, 15) is 4.79 Å². The first-order chi connectivity index (χ1) is 6.75. The summed E-state index contributed by atoms with van der Waals surface area (Å²) in [7, 11) is 0. The van der Waals surface area contributed by atoms with Crippen LogP contribution in [0.1, 0.15) is 39.0 Å². The molecule has 3 heteroatoms. The fourth-order valence-corrected chi connectivity index (χ4v) is 2.08. The van der Waals surface area contributed by atoms with Crippen molar-refractivity contribution in [2.45, 2.75) is 51.1 Å². The predicted molar refractivity (Wildman–Crippen MR) is 56.1 cm³/mol. The lowest BCUT2D eigenvalue weighted by atomic mass is 10.0. The molecule has 1 unspecified atom stereocenters. The molecule has 14 heavy (non-hydrogen) atoms. The van der Waals surface area contributed by atoms with Crippen LogP contribution in [0.3, 0.4) is 0 Å². The maximum absolute atomic E-state index is 11.6. The molecule has 3 nitrogen and oxygen atoms in total. The van der Waals surface area contributed by atoms with Crippen LogP contribution in [-0.4, -0.2) is 36.0 Å². The van der Waals surface area contributed by atoms with E-state index in [1.54, 1.807) is 0 Å². The van der Waals surface area contributed by atoms with Crippen molar-refractivity contribution in [3.8, 4) is 0 Å². The quantitative estimate of drug-likeness (QED) is 0.734. The Morgan fingerprint density at radius 3 is 2.79 bits per heavy atom. The van der Waals surface area contributed by atoms with Crippen molar-refractivity contribution in [3.05, 3.63) is 0 Å². The summed E-state index contributed by atoms with van der Waals surface area (Å²) < 4.78 is 0. The third kappa shape index (κ3) is 2.71. The van der Waals surface area contributed by atoms with E-state index in [0.717, 1.165) is 6.54 Å². The van der Waals surface area contributed by atoms with Gasteiger partial charge in [0, 0.05) is 12.1 Å². The Morgan fingerprint density at radius 2 is 2.14 bits per heavy atom. The molecule has 0 aromatic heterocycles. The highest BCUT2D eigenvalue weighted by Gasteiger charge is 2.25. The van der Waals surface area contributed by atoms with E-state index < -0.39 is 0 Å². The zero-order valence-corrected chi connectivity index (χ0v) is 8.96. The van der Waals surface area contributed by atoms with Crippen LogP contribution in [0.4, 0.5) is 0 Å². The van der Waals surface area contributed by atoms with Crippen LogP contribution in [0.5, 0.6) is 0 Å². The van der Waals surface area contributed by atoms with Gasteiger partial charge in [-0.05, 0) is 39.2 Å². The lowest BCUT2D eigenvalue weighted by molar-refractivity contribution is -0.123. The van der Waals surface area contributed by atoms with Gasteiger partial charge in [-0.3, -0.25) is 9.69 Å². The minimum absolute atomic E-state index is 0.223. The molecule has 0 aromatic rings. The lowest BCUT2D eigenvalue weighted by Crippen LogP contribution is -2.44. The summed E-state index contributed by atoms with van der Waals surface area (Å²) in [6.07, 6.45) is 6.18. The van der Waals surface area contributed by atoms with Crippen molar-refractivity contribution in [1.82, 2.24) is 10.2 Å². The molecule has 1 atom stereocenters. The fourth-order valence-electron chi connectivity index (χ4n) is 2.08. The molecule has 1 saturated carbocycles. The van der Waals surface area contributed by atoms with Gasteiger partial charge in [0.25, 0.3) is 0 Å². The highest BCUT2D eigenvalue weighted by atomic mass is 16.2. The standard InChI is InChI=1S/C11H20N2O/c1-9-4-2-3-7-13(9)8-11(14)12-10-5-6-10/h9-10H,2-8H2,1H3,(H,12,14). The minimum atomic E-state index is 0.223. The van der Waals surface area contributed by atoms with Crippen LogP contribution in [0.25, 0.3) is 0 Å². The molecule has 1 saturated heterocycles. The van der Waals surface area contributed by atoms with E-state index in [-0.39, 0.29) is 5.91 Å². The Bertz CT molecular complexity index is 213. The Kier molecular flexibility index (Phi) is 3.06. The van der Waals surface area contributed by atoms with Gasteiger partial charge < -0.3 is 5.32 Å². The van der Waals surface area contributed by atoms with E-state index in [1.165, 1.54) is 32.1 Å². The molecule has 2 rings (SSSR count). The number of nitrogens with one attached hydrogen (secondary N) is 1. The summed E-state index contributed by atoms with van der Waals surface area (Å²) >= 11 is 0. The van der Waals surface area contributed by atoms with E-state index in [1.807, 2.05) is 0 Å². The number of amides is 1. The van der Waals surface area contributed by atoms with E-state index in [0.29, 0.717) is 18.6 Å². The molecule has 1 N–H and O–H groups in total. The summed E-state index contributed by atoms with van der Waals surface area (Å²) in [5, 5.41) is 3.04. The maximum Gasteiger partial charge on any atom is 0.234 e. The number of nitrogens with zero attached hydrogens (tertiary/aromatic N) is 1. The predicted octanol–water partition coefficient (Wildman–Crippen LogP) is 1.14. The number of carbonyl (C=O) groups excluding carboxylic acids is 1. The molecular formula is C11H20N2O. The average molecular weight is 196 g/mol. The third-order valence-electron chi connectivity index (χ3n) is 3.23. The van der Waals surface area contributed by atoms with Crippen molar-refractivity contribution in [2.24, 2.45) is 0 Å². The second kappa shape index (κ2) is 4.30. The van der Waals surface area contributed by atoms with Gasteiger partial charge in [-0.15, -0.1) is 0 Å². The van der Waals surface area contributed by atoms with Crippen LogP contribution >= 0.6 is 0 Å². The molecule has 1 heterocycles. The summed E-state index contributed by atoms with van der Waals surface area (Å²) in [6.45, 7) is 3.93. The second-order valence-electron chi connectivity index (χ2n) is 4.66.